The molecule has 29 heavy (non-hydrogen) atoms. The first-order chi connectivity index (χ1) is 14.2. The topological polar surface area (TPSA) is 99.0 Å². The number of aromatic amines is 1. The molecule has 0 unspecified atom stereocenters. The van der Waals surface area contributed by atoms with Crippen LogP contribution < -0.4 is 4.74 Å². The number of benzene rings is 3. The molecule has 0 saturated carbocycles. The van der Waals surface area contributed by atoms with Gasteiger partial charge in [-0.05, 0) is 46.8 Å². The molecule has 3 aromatic carbocycles. The number of carboxylic acid groups (broad SMARTS) is 1. The normalized spacial score (nSPS) is 11.5. The van der Waals surface area contributed by atoms with Gasteiger partial charge in [-0.25, -0.2) is 9.78 Å². The van der Waals surface area contributed by atoms with Gasteiger partial charge in [0.2, 0.25) is 0 Å². The Hall–Kier alpha value is -3.76. The fourth-order valence-electron chi connectivity index (χ4n) is 3.01. The van der Waals surface area contributed by atoms with Crippen LogP contribution in [0.3, 0.4) is 0 Å². The number of carboxylic acids is 1. The summed E-state index contributed by atoms with van der Waals surface area (Å²) in [4.78, 5) is 19.6. The van der Waals surface area contributed by atoms with E-state index in [9.17, 15) is 9.90 Å². The Morgan fingerprint density at radius 3 is 2.76 bits per heavy atom. The number of aliphatic carboxylic acids is 1. The summed E-state index contributed by atoms with van der Waals surface area (Å²) in [6.07, 6.45) is 1.56. The zero-order valence-corrected chi connectivity index (χ0v) is 15.9. The number of carbonyl (C=O) groups is 1. The lowest BCUT2D eigenvalue weighted by atomic mass is 10.0. The molecule has 0 aliphatic heterocycles. The number of nitrogens with zero attached hydrogens (tertiary/aromatic N) is 2. The average Bonchev–Trinajstić information content (AvgIpc) is 3.15. The Morgan fingerprint density at radius 1 is 1.17 bits per heavy atom. The third-order valence-corrected chi connectivity index (χ3v) is 5.18. The van der Waals surface area contributed by atoms with Gasteiger partial charge in [0, 0.05) is 5.56 Å². The zero-order valence-electron chi connectivity index (χ0n) is 15.1. The Bertz CT molecular complexity index is 1250. The number of rotatable bonds is 6. The van der Waals surface area contributed by atoms with Gasteiger partial charge in [0.25, 0.3) is 0 Å². The van der Waals surface area contributed by atoms with Crippen LogP contribution in [-0.4, -0.2) is 27.7 Å². The predicted molar refractivity (Wildman–Crippen MR) is 113 cm³/mol. The lowest BCUT2D eigenvalue weighted by Crippen LogP contribution is -2.00. The second kappa shape index (κ2) is 8.09. The van der Waals surface area contributed by atoms with Gasteiger partial charge in [-0.3, -0.25) is 0 Å². The molecule has 0 aliphatic rings. The maximum Gasteiger partial charge on any atom is 0.342 e. The monoisotopic (exact) mass is 401 g/mol. The van der Waals surface area contributed by atoms with E-state index in [0.29, 0.717) is 16.5 Å². The standard InChI is InChI=1S/C22H15N3O3S/c23-11-12-28-19-10-9-14-5-1-2-6-15(14)16(19)13-20(21(26)27)29-22-24-17-7-3-4-8-18(17)25-22/h1-10,13H,12H2,(H,24,25)(H,26,27)/b20-13-. The van der Waals surface area contributed by atoms with Gasteiger partial charge in [-0.2, -0.15) is 5.26 Å². The van der Waals surface area contributed by atoms with Crippen LogP contribution in [-0.2, 0) is 4.79 Å². The number of thioether (sulfide) groups is 1. The molecular formula is C22H15N3O3S. The molecule has 4 rings (SSSR count). The van der Waals surface area contributed by atoms with Crippen molar-refractivity contribution < 1.29 is 14.6 Å². The van der Waals surface area contributed by atoms with E-state index in [0.717, 1.165) is 33.6 Å². The molecule has 0 fully saturated rings. The molecule has 7 heteroatoms. The maximum absolute atomic E-state index is 12.0. The third kappa shape index (κ3) is 3.93. The SMILES string of the molecule is N#CCOc1ccc2ccccc2c1/C=C(\Sc1nc2ccccc2[nH]1)C(=O)O. The van der Waals surface area contributed by atoms with E-state index in [-0.39, 0.29) is 11.5 Å². The number of nitriles is 1. The quantitative estimate of drug-likeness (QED) is 0.354. The molecule has 0 aliphatic carbocycles. The van der Waals surface area contributed by atoms with Gasteiger partial charge in [0.1, 0.15) is 16.7 Å². The summed E-state index contributed by atoms with van der Waals surface area (Å²) in [6, 6.07) is 20.7. The minimum atomic E-state index is -1.07. The van der Waals surface area contributed by atoms with Crippen molar-refractivity contribution in [3.05, 3.63) is 71.1 Å². The summed E-state index contributed by atoms with van der Waals surface area (Å²) in [5.41, 5.74) is 2.21. The minimum Gasteiger partial charge on any atom is -0.478 e. The third-order valence-electron chi connectivity index (χ3n) is 4.28. The van der Waals surface area contributed by atoms with Crippen LogP contribution in [0.4, 0.5) is 0 Å². The highest BCUT2D eigenvalue weighted by molar-refractivity contribution is 8.04. The molecule has 6 nitrogen and oxygen atoms in total. The van der Waals surface area contributed by atoms with Crippen molar-refractivity contribution in [1.29, 1.82) is 5.26 Å². The fraction of sp³-hybridized carbons (Fsp3) is 0.0455. The van der Waals surface area contributed by atoms with E-state index in [1.807, 2.05) is 60.7 Å². The van der Waals surface area contributed by atoms with E-state index in [2.05, 4.69) is 9.97 Å². The molecule has 0 bridgehead atoms. The Balaban J connectivity index is 1.80. The van der Waals surface area contributed by atoms with Crippen LogP contribution in [0.1, 0.15) is 5.56 Å². The lowest BCUT2D eigenvalue weighted by molar-refractivity contribution is -0.131. The largest absolute Gasteiger partial charge is 0.478 e. The molecule has 0 spiro atoms. The molecule has 0 amide bonds. The van der Waals surface area contributed by atoms with Gasteiger partial charge in [-0.1, -0.05) is 42.5 Å². The molecule has 4 aromatic rings. The molecule has 0 saturated heterocycles. The van der Waals surface area contributed by atoms with Crippen LogP contribution in [0.5, 0.6) is 5.75 Å². The first-order valence-corrected chi connectivity index (χ1v) is 9.56. The summed E-state index contributed by atoms with van der Waals surface area (Å²) in [5, 5.41) is 20.9. The van der Waals surface area contributed by atoms with Crippen LogP contribution in [0.2, 0.25) is 0 Å². The summed E-state index contributed by atoms with van der Waals surface area (Å²) < 4.78 is 5.54. The van der Waals surface area contributed by atoms with Gasteiger partial charge in [0.05, 0.1) is 11.0 Å². The van der Waals surface area contributed by atoms with E-state index < -0.39 is 5.97 Å². The number of fused-ring (bicyclic) bond motifs is 2. The molecule has 0 atom stereocenters. The van der Waals surface area contributed by atoms with E-state index in [4.69, 9.17) is 10.00 Å². The van der Waals surface area contributed by atoms with Crippen LogP contribution in [0.25, 0.3) is 27.9 Å². The van der Waals surface area contributed by atoms with Crippen molar-refractivity contribution in [2.45, 2.75) is 5.16 Å². The van der Waals surface area contributed by atoms with Crippen molar-refractivity contribution >= 4 is 45.6 Å². The number of imidazole rings is 1. The number of H-pyrrole nitrogens is 1. The van der Waals surface area contributed by atoms with Crippen molar-refractivity contribution in [2.75, 3.05) is 6.61 Å². The van der Waals surface area contributed by atoms with Gasteiger partial charge >= 0.3 is 5.97 Å². The molecular weight excluding hydrogens is 386 g/mol. The first kappa shape index (κ1) is 18.6. The fourth-order valence-corrected chi connectivity index (χ4v) is 3.79. The number of aromatic nitrogens is 2. The Labute approximate surface area is 170 Å². The summed E-state index contributed by atoms with van der Waals surface area (Å²) >= 11 is 1.03. The first-order valence-electron chi connectivity index (χ1n) is 8.75. The number of para-hydroxylation sites is 2. The van der Waals surface area contributed by atoms with E-state index in [1.165, 1.54) is 0 Å². The highest BCUT2D eigenvalue weighted by Crippen LogP contribution is 2.34. The van der Waals surface area contributed by atoms with Gasteiger partial charge < -0.3 is 14.8 Å². The summed E-state index contributed by atoms with van der Waals surface area (Å²) in [6.45, 7) is -0.127. The predicted octanol–water partition coefficient (Wildman–Crippen LogP) is 4.84. The maximum atomic E-state index is 12.0. The van der Waals surface area contributed by atoms with Crippen LogP contribution in [0, 0.1) is 11.3 Å². The van der Waals surface area contributed by atoms with Gasteiger partial charge in [0.15, 0.2) is 11.8 Å². The molecule has 1 aromatic heterocycles. The molecule has 2 N–H and O–H groups in total. The molecule has 142 valence electrons. The second-order valence-corrected chi connectivity index (χ2v) is 7.15. The number of ether oxygens (including phenoxy) is 1. The number of hydrogen-bond acceptors (Lipinski definition) is 5. The summed E-state index contributed by atoms with van der Waals surface area (Å²) in [5.74, 6) is -0.621. The highest BCUT2D eigenvalue weighted by atomic mass is 32.2. The van der Waals surface area contributed by atoms with Crippen molar-refractivity contribution in [2.24, 2.45) is 0 Å². The number of hydrogen-bond donors (Lipinski definition) is 2. The van der Waals surface area contributed by atoms with E-state index >= 15 is 0 Å². The van der Waals surface area contributed by atoms with Crippen molar-refractivity contribution in [3.8, 4) is 11.8 Å². The molecule has 1 heterocycles. The van der Waals surface area contributed by atoms with Crippen molar-refractivity contribution in [3.63, 3.8) is 0 Å². The molecule has 0 radical (unpaired) electrons. The summed E-state index contributed by atoms with van der Waals surface area (Å²) in [7, 11) is 0. The zero-order chi connectivity index (χ0) is 20.2. The Morgan fingerprint density at radius 2 is 1.97 bits per heavy atom. The Kier molecular flexibility index (Phi) is 5.18. The van der Waals surface area contributed by atoms with Gasteiger partial charge in [-0.15, -0.1) is 0 Å². The second-order valence-electron chi connectivity index (χ2n) is 6.12. The van der Waals surface area contributed by atoms with Crippen LogP contribution in [0.15, 0.2) is 70.7 Å². The lowest BCUT2D eigenvalue weighted by Gasteiger charge is -2.11. The number of nitrogens with one attached hydrogen (secondary N) is 1. The van der Waals surface area contributed by atoms with E-state index in [1.54, 1.807) is 12.1 Å². The minimum absolute atomic E-state index is 0.0854. The average molecular weight is 401 g/mol. The van der Waals surface area contributed by atoms with Crippen LogP contribution >= 0.6 is 11.8 Å². The highest BCUT2D eigenvalue weighted by Gasteiger charge is 2.16. The van der Waals surface area contributed by atoms with Crippen molar-refractivity contribution in [1.82, 2.24) is 9.97 Å². The smallest absolute Gasteiger partial charge is 0.342 e.